The van der Waals surface area contributed by atoms with Crippen LogP contribution in [-0.4, -0.2) is 11.7 Å². The van der Waals surface area contributed by atoms with E-state index < -0.39 is 0 Å². The second-order valence-electron chi connectivity index (χ2n) is 7.64. The zero-order chi connectivity index (χ0) is 21.1. The summed E-state index contributed by atoms with van der Waals surface area (Å²) >= 11 is 13.1. The largest absolute Gasteiger partial charge is 0.261 e. The maximum Gasteiger partial charge on any atom is 0.223 e. The Kier molecular flexibility index (Phi) is 6.27. The molecule has 1 heterocycles. The molecule has 1 atom stereocenters. The van der Waals surface area contributed by atoms with Crippen LogP contribution in [0, 0.1) is 13.8 Å². The fourth-order valence-electron chi connectivity index (χ4n) is 3.94. The highest BCUT2D eigenvalue weighted by molar-refractivity contribution is 6.87. The molecule has 0 radical (unpaired) electrons. The third-order valence-electron chi connectivity index (χ3n) is 5.61. The molecule has 4 heteroatoms. The molecule has 4 aromatic rings. The van der Waals surface area contributed by atoms with Crippen LogP contribution in [0.25, 0.3) is 0 Å². The average Bonchev–Trinajstić information content (AvgIpc) is 2.77. The van der Waals surface area contributed by atoms with E-state index in [0.29, 0.717) is 0 Å². The van der Waals surface area contributed by atoms with Gasteiger partial charge in [0.05, 0.1) is 0 Å². The van der Waals surface area contributed by atoms with Crippen molar-refractivity contribution >= 4 is 40.8 Å². The summed E-state index contributed by atoms with van der Waals surface area (Å²) in [4.78, 5) is 4.74. The third kappa shape index (κ3) is 4.31. The molecule has 0 aliphatic carbocycles. The second-order valence-corrected chi connectivity index (χ2v) is 8.45. The van der Waals surface area contributed by atoms with Crippen molar-refractivity contribution in [2.75, 3.05) is 0 Å². The number of aryl methyl sites for hydroxylation is 2. The highest BCUT2D eigenvalue weighted by Gasteiger charge is 2.33. The first-order chi connectivity index (χ1) is 14.5. The van der Waals surface area contributed by atoms with E-state index in [0.717, 1.165) is 37.8 Å². The van der Waals surface area contributed by atoms with Crippen molar-refractivity contribution < 1.29 is 0 Å². The van der Waals surface area contributed by atoms with Gasteiger partial charge in [0.15, 0.2) is 0 Å². The Morgan fingerprint density at radius 2 is 1.27 bits per heavy atom. The monoisotopic (exact) mass is 429 g/mol. The Morgan fingerprint density at radius 1 is 0.700 bits per heavy atom. The van der Waals surface area contributed by atoms with Crippen LogP contribution in [0.4, 0.5) is 0 Å². The molecule has 0 spiro atoms. The minimum Gasteiger partial charge on any atom is -0.261 e. The van der Waals surface area contributed by atoms with Crippen LogP contribution in [0.3, 0.4) is 0 Å². The van der Waals surface area contributed by atoms with Crippen molar-refractivity contribution in [2.45, 2.75) is 19.7 Å². The lowest BCUT2D eigenvalue weighted by atomic mass is 9.32. The molecule has 1 nitrogen and oxygen atoms in total. The molecule has 0 N–H and O–H groups in total. The summed E-state index contributed by atoms with van der Waals surface area (Å²) in [5.74, 6) is 0.0185. The quantitative estimate of drug-likeness (QED) is 0.355. The fraction of sp³-hybridized carbons (Fsp3) is 0.115. The van der Waals surface area contributed by atoms with E-state index in [4.69, 9.17) is 28.2 Å². The van der Waals surface area contributed by atoms with Crippen LogP contribution in [-0.2, 0) is 0 Å². The summed E-state index contributed by atoms with van der Waals surface area (Å²) in [7, 11) is 0. The van der Waals surface area contributed by atoms with Crippen LogP contribution in [0.5, 0.6) is 0 Å². The number of rotatable bonds is 5. The highest BCUT2D eigenvalue weighted by Crippen LogP contribution is 2.27. The van der Waals surface area contributed by atoms with Gasteiger partial charge in [0, 0.05) is 27.8 Å². The van der Waals surface area contributed by atoms with Crippen molar-refractivity contribution in [3.8, 4) is 0 Å². The average molecular weight is 430 g/mol. The smallest absolute Gasteiger partial charge is 0.223 e. The second kappa shape index (κ2) is 9.08. The normalized spacial score (nSPS) is 11.9. The summed E-state index contributed by atoms with van der Waals surface area (Å²) < 4.78 is 0. The maximum atomic E-state index is 6.56. The lowest BCUT2D eigenvalue weighted by Gasteiger charge is -2.26. The lowest BCUT2D eigenvalue weighted by Crippen LogP contribution is -2.48. The summed E-state index contributed by atoms with van der Waals surface area (Å²) in [6.45, 7) is 4.06. The van der Waals surface area contributed by atoms with E-state index in [2.05, 4.69) is 66.7 Å². The molecule has 0 saturated heterocycles. The standard InChI is InChI=1S/C26H22BCl2N/c1-18-11-13-21(16-23(18)28)27(22-14-12-19(2)24(29)17-22)26(20-8-4-3-5-9-20)25-10-6-7-15-30-25/h3-17,26H,1-2H3. The van der Waals surface area contributed by atoms with E-state index in [1.165, 1.54) is 5.56 Å². The van der Waals surface area contributed by atoms with Gasteiger partial charge in [-0.25, -0.2) is 0 Å². The van der Waals surface area contributed by atoms with E-state index in [9.17, 15) is 0 Å². The summed E-state index contributed by atoms with van der Waals surface area (Å²) in [5.41, 5.74) is 6.64. The van der Waals surface area contributed by atoms with Gasteiger partial charge >= 0.3 is 0 Å². The SMILES string of the molecule is Cc1ccc(B(c2ccc(C)c(Cl)c2)C(c2ccccc2)c2ccccn2)cc1Cl. The number of benzene rings is 3. The lowest BCUT2D eigenvalue weighted by molar-refractivity contribution is 1.02. The first kappa shape index (κ1) is 20.7. The van der Waals surface area contributed by atoms with E-state index >= 15 is 0 Å². The number of hydrogen-bond acceptors (Lipinski definition) is 1. The van der Waals surface area contributed by atoms with Crippen molar-refractivity contribution in [3.05, 3.63) is 124 Å². The predicted octanol–water partition coefficient (Wildman–Crippen LogP) is 5.99. The molecule has 0 saturated carbocycles. The number of nitrogens with zero attached hydrogens (tertiary/aromatic N) is 1. The zero-order valence-electron chi connectivity index (χ0n) is 17.0. The first-order valence-electron chi connectivity index (χ1n) is 10.0. The van der Waals surface area contributed by atoms with Crippen molar-refractivity contribution in [1.29, 1.82) is 0 Å². The molecule has 0 bridgehead atoms. The molecule has 0 amide bonds. The third-order valence-corrected chi connectivity index (χ3v) is 6.42. The van der Waals surface area contributed by atoms with Crippen molar-refractivity contribution in [3.63, 3.8) is 0 Å². The van der Waals surface area contributed by atoms with Crippen LogP contribution in [0.1, 0.15) is 28.2 Å². The van der Waals surface area contributed by atoms with E-state index in [-0.39, 0.29) is 12.5 Å². The maximum absolute atomic E-state index is 6.56. The highest BCUT2D eigenvalue weighted by atomic mass is 35.5. The Labute approximate surface area is 188 Å². The van der Waals surface area contributed by atoms with Crippen LogP contribution in [0.15, 0.2) is 91.1 Å². The van der Waals surface area contributed by atoms with Crippen molar-refractivity contribution in [1.82, 2.24) is 4.98 Å². The van der Waals surface area contributed by atoms with Gasteiger partial charge in [0.2, 0.25) is 6.71 Å². The molecular weight excluding hydrogens is 408 g/mol. The molecule has 3 aromatic carbocycles. The summed E-state index contributed by atoms with van der Waals surface area (Å²) in [5, 5.41) is 1.53. The minimum atomic E-state index is 0.0125. The van der Waals surface area contributed by atoms with Crippen LogP contribution < -0.4 is 10.9 Å². The molecule has 0 aliphatic heterocycles. The molecule has 1 unspecified atom stereocenters. The number of pyridine rings is 1. The van der Waals surface area contributed by atoms with E-state index in [1.807, 2.05) is 38.2 Å². The van der Waals surface area contributed by atoms with Gasteiger partial charge in [-0.05, 0) is 54.8 Å². The molecule has 4 rings (SSSR count). The minimum absolute atomic E-state index is 0.0125. The molecule has 148 valence electrons. The first-order valence-corrected chi connectivity index (χ1v) is 10.8. The number of hydrogen-bond donors (Lipinski definition) is 0. The fourth-order valence-corrected chi connectivity index (χ4v) is 4.31. The van der Waals surface area contributed by atoms with Gasteiger partial charge in [-0.1, -0.05) is 94.8 Å². The molecule has 0 fully saturated rings. The zero-order valence-corrected chi connectivity index (χ0v) is 18.5. The number of aromatic nitrogens is 1. The molecule has 0 aliphatic rings. The van der Waals surface area contributed by atoms with Gasteiger partial charge in [-0.2, -0.15) is 0 Å². The van der Waals surface area contributed by atoms with Crippen LogP contribution >= 0.6 is 23.2 Å². The topological polar surface area (TPSA) is 12.9 Å². The predicted molar refractivity (Wildman–Crippen MR) is 130 cm³/mol. The Bertz CT molecular complexity index is 1060. The molecular formula is C26H22BCl2N. The van der Waals surface area contributed by atoms with Crippen molar-refractivity contribution in [2.24, 2.45) is 0 Å². The number of halogens is 2. The Hall–Kier alpha value is -2.55. The Balaban J connectivity index is 1.98. The van der Waals surface area contributed by atoms with Gasteiger partial charge in [0.1, 0.15) is 0 Å². The Morgan fingerprint density at radius 3 is 1.77 bits per heavy atom. The van der Waals surface area contributed by atoms with Gasteiger partial charge in [-0.15, -0.1) is 0 Å². The van der Waals surface area contributed by atoms with Crippen LogP contribution in [0.2, 0.25) is 10.0 Å². The molecule has 1 aromatic heterocycles. The molecule has 30 heavy (non-hydrogen) atoms. The van der Waals surface area contributed by atoms with Gasteiger partial charge in [-0.3, -0.25) is 4.98 Å². The van der Waals surface area contributed by atoms with Gasteiger partial charge in [0.25, 0.3) is 0 Å². The van der Waals surface area contributed by atoms with E-state index in [1.54, 1.807) is 0 Å². The summed E-state index contributed by atoms with van der Waals surface area (Å²) in [6.07, 6.45) is 1.85. The van der Waals surface area contributed by atoms with Gasteiger partial charge < -0.3 is 0 Å². The summed E-state index contributed by atoms with van der Waals surface area (Å²) in [6, 6.07) is 29.3.